The first-order valence-corrected chi connectivity index (χ1v) is 8.72. The summed E-state index contributed by atoms with van der Waals surface area (Å²) < 4.78 is 6.03. The highest BCUT2D eigenvalue weighted by Gasteiger charge is 2.63. The molecule has 3 aliphatic rings. The van der Waals surface area contributed by atoms with Gasteiger partial charge in [0.25, 0.3) is 0 Å². The van der Waals surface area contributed by atoms with E-state index in [1.165, 1.54) is 19.3 Å². The second-order valence-electron chi connectivity index (χ2n) is 8.69. The van der Waals surface area contributed by atoms with Gasteiger partial charge >= 0.3 is 5.97 Å². The minimum absolute atomic E-state index is 0.0632. The molecule has 5 atom stereocenters. The quantitative estimate of drug-likeness (QED) is 0.791. The molecule has 5 unspecified atom stereocenters. The van der Waals surface area contributed by atoms with Gasteiger partial charge in [0, 0.05) is 5.41 Å². The van der Waals surface area contributed by atoms with E-state index in [4.69, 9.17) is 10.5 Å². The summed E-state index contributed by atoms with van der Waals surface area (Å²) in [7, 11) is 0. The highest BCUT2D eigenvalue weighted by molar-refractivity contribution is 5.81. The van der Waals surface area contributed by atoms with Crippen molar-refractivity contribution in [2.45, 2.75) is 84.3 Å². The van der Waals surface area contributed by atoms with Crippen LogP contribution in [0.15, 0.2) is 0 Å². The first-order chi connectivity index (χ1) is 9.72. The standard InChI is InChI=1S/C18H31NO2/c1-12-7-5-6-9-18(12,19)15(20)21-14-11-13-8-10-17(14,4)16(13,2)3/h12-14H,5-11,19H2,1-4H3. The van der Waals surface area contributed by atoms with Crippen LogP contribution in [0.25, 0.3) is 0 Å². The lowest BCUT2D eigenvalue weighted by Gasteiger charge is -2.42. The summed E-state index contributed by atoms with van der Waals surface area (Å²) in [5.41, 5.74) is 6.11. The van der Waals surface area contributed by atoms with E-state index < -0.39 is 5.54 Å². The van der Waals surface area contributed by atoms with Crippen molar-refractivity contribution in [1.82, 2.24) is 0 Å². The van der Waals surface area contributed by atoms with Crippen LogP contribution in [0.4, 0.5) is 0 Å². The molecule has 3 aliphatic carbocycles. The summed E-state index contributed by atoms with van der Waals surface area (Å²) >= 11 is 0. The number of hydrogen-bond acceptors (Lipinski definition) is 3. The van der Waals surface area contributed by atoms with Crippen LogP contribution in [0.3, 0.4) is 0 Å². The van der Waals surface area contributed by atoms with E-state index in [-0.39, 0.29) is 28.8 Å². The van der Waals surface area contributed by atoms with Crippen molar-refractivity contribution < 1.29 is 9.53 Å². The number of carbonyl (C=O) groups is 1. The molecule has 0 spiro atoms. The molecule has 3 fully saturated rings. The monoisotopic (exact) mass is 293 g/mol. The maximum atomic E-state index is 12.8. The molecule has 0 aromatic heterocycles. The summed E-state index contributed by atoms with van der Waals surface area (Å²) in [6.07, 6.45) is 7.60. The molecular weight excluding hydrogens is 262 g/mol. The highest BCUT2D eigenvalue weighted by Crippen LogP contribution is 2.66. The van der Waals surface area contributed by atoms with Crippen molar-refractivity contribution in [1.29, 1.82) is 0 Å². The number of esters is 1. The fourth-order valence-corrected chi connectivity index (χ4v) is 5.22. The molecule has 0 aromatic carbocycles. The third-order valence-corrected chi connectivity index (χ3v) is 7.70. The zero-order valence-electron chi connectivity index (χ0n) is 14.1. The number of carbonyl (C=O) groups excluding carboxylic acids is 1. The molecule has 3 saturated carbocycles. The molecule has 120 valence electrons. The Morgan fingerprint density at radius 1 is 1.14 bits per heavy atom. The Labute approximate surface area is 129 Å². The molecule has 0 amide bonds. The molecule has 0 saturated heterocycles. The van der Waals surface area contributed by atoms with Gasteiger partial charge in [-0.1, -0.05) is 40.5 Å². The van der Waals surface area contributed by atoms with Crippen molar-refractivity contribution in [3.05, 3.63) is 0 Å². The van der Waals surface area contributed by atoms with Gasteiger partial charge in [-0.05, 0) is 49.4 Å². The van der Waals surface area contributed by atoms with Crippen LogP contribution in [-0.4, -0.2) is 17.6 Å². The maximum Gasteiger partial charge on any atom is 0.326 e. The average molecular weight is 293 g/mol. The van der Waals surface area contributed by atoms with Gasteiger partial charge in [-0.25, -0.2) is 0 Å². The molecule has 21 heavy (non-hydrogen) atoms. The van der Waals surface area contributed by atoms with Crippen LogP contribution < -0.4 is 5.73 Å². The van der Waals surface area contributed by atoms with Gasteiger partial charge in [0.05, 0.1) is 0 Å². The summed E-state index contributed by atoms with van der Waals surface area (Å²) in [4.78, 5) is 12.8. The molecule has 3 nitrogen and oxygen atoms in total. The molecule has 3 heteroatoms. The number of fused-ring (bicyclic) bond motifs is 2. The Kier molecular flexibility index (Phi) is 3.44. The van der Waals surface area contributed by atoms with E-state index in [0.29, 0.717) is 5.92 Å². The molecule has 0 aromatic rings. The largest absolute Gasteiger partial charge is 0.460 e. The van der Waals surface area contributed by atoms with Crippen molar-refractivity contribution in [3.8, 4) is 0 Å². The fourth-order valence-electron chi connectivity index (χ4n) is 5.22. The summed E-state index contributed by atoms with van der Waals surface area (Å²) in [6.45, 7) is 9.11. The topological polar surface area (TPSA) is 52.3 Å². The fraction of sp³-hybridized carbons (Fsp3) is 0.944. The summed E-state index contributed by atoms with van der Waals surface area (Å²) in [5, 5.41) is 0. The third kappa shape index (κ3) is 1.99. The van der Waals surface area contributed by atoms with Gasteiger partial charge in [-0.2, -0.15) is 0 Å². The van der Waals surface area contributed by atoms with Crippen LogP contribution in [0.2, 0.25) is 0 Å². The molecule has 2 N–H and O–H groups in total. The Balaban J connectivity index is 1.74. The molecule has 0 radical (unpaired) electrons. The van der Waals surface area contributed by atoms with Gasteiger partial charge in [0.1, 0.15) is 11.6 Å². The Morgan fingerprint density at radius 3 is 2.38 bits per heavy atom. The van der Waals surface area contributed by atoms with Crippen LogP contribution in [0, 0.1) is 22.7 Å². The van der Waals surface area contributed by atoms with Crippen molar-refractivity contribution in [2.75, 3.05) is 0 Å². The van der Waals surface area contributed by atoms with Crippen molar-refractivity contribution in [2.24, 2.45) is 28.4 Å². The highest BCUT2D eigenvalue weighted by atomic mass is 16.5. The zero-order valence-corrected chi connectivity index (χ0v) is 14.1. The second-order valence-corrected chi connectivity index (χ2v) is 8.69. The van der Waals surface area contributed by atoms with Gasteiger partial charge in [0.15, 0.2) is 0 Å². The van der Waals surface area contributed by atoms with Gasteiger partial charge in [0.2, 0.25) is 0 Å². The lowest BCUT2D eigenvalue weighted by Crippen LogP contribution is -2.57. The van der Waals surface area contributed by atoms with Crippen LogP contribution in [0.5, 0.6) is 0 Å². The molecule has 0 aliphatic heterocycles. The zero-order chi connectivity index (χ0) is 15.5. The predicted octanol–water partition coefficient (Wildman–Crippen LogP) is 3.65. The van der Waals surface area contributed by atoms with E-state index in [1.54, 1.807) is 0 Å². The molecule has 3 rings (SSSR count). The lowest BCUT2D eigenvalue weighted by molar-refractivity contribution is -0.167. The Morgan fingerprint density at radius 2 is 1.86 bits per heavy atom. The number of ether oxygens (including phenoxy) is 1. The van der Waals surface area contributed by atoms with Gasteiger partial charge < -0.3 is 10.5 Å². The van der Waals surface area contributed by atoms with Gasteiger partial charge in [-0.15, -0.1) is 0 Å². The maximum absolute atomic E-state index is 12.8. The predicted molar refractivity (Wildman–Crippen MR) is 83.7 cm³/mol. The average Bonchev–Trinajstić information content (AvgIpc) is 2.75. The van der Waals surface area contributed by atoms with E-state index in [1.807, 2.05) is 0 Å². The normalized spacial score (nSPS) is 48.3. The second kappa shape index (κ2) is 4.71. The summed E-state index contributed by atoms with van der Waals surface area (Å²) in [6, 6.07) is 0. The molecule has 2 bridgehead atoms. The smallest absolute Gasteiger partial charge is 0.326 e. The van der Waals surface area contributed by atoms with Gasteiger partial charge in [-0.3, -0.25) is 4.79 Å². The van der Waals surface area contributed by atoms with E-state index >= 15 is 0 Å². The minimum atomic E-state index is -0.749. The number of hydrogen-bond donors (Lipinski definition) is 1. The van der Waals surface area contributed by atoms with Crippen LogP contribution >= 0.6 is 0 Å². The van der Waals surface area contributed by atoms with E-state index in [9.17, 15) is 4.79 Å². The SMILES string of the molecule is CC1CCCCC1(N)C(=O)OC1CC2CCC1(C)C2(C)C. The third-order valence-electron chi connectivity index (χ3n) is 7.70. The Hall–Kier alpha value is -0.570. The minimum Gasteiger partial charge on any atom is -0.460 e. The Bertz CT molecular complexity index is 446. The van der Waals surface area contributed by atoms with E-state index in [2.05, 4.69) is 27.7 Å². The van der Waals surface area contributed by atoms with Crippen molar-refractivity contribution in [3.63, 3.8) is 0 Å². The first kappa shape index (κ1) is 15.3. The van der Waals surface area contributed by atoms with Crippen LogP contribution in [-0.2, 0) is 9.53 Å². The number of nitrogens with two attached hydrogens (primary N) is 1. The summed E-state index contributed by atoms with van der Waals surface area (Å²) in [5.74, 6) is 0.792. The van der Waals surface area contributed by atoms with E-state index in [0.717, 1.165) is 25.7 Å². The van der Waals surface area contributed by atoms with Crippen LogP contribution in [0.1, 0.15) is 72.6 Å². The molecular formula is C18H31NO2. The lowest BCUT2D eigenvalue weighted by atomic mass is 9.69. The number of rotatable bonds is 2. The molecule has 0 heterocycles. The first-order valence-electron chi connectivity index (χ1n) is 8.72. The van der Waals surface area contributed by atoms with Crippen molar-refractivity contribution >= 4 is 5.97 Å².